The smallest absolute Gasteiger partial charge is 0.119 e. The maximum atomic E-state index is 5.96. The molecule has 0 fully saturated rings. The third-order valence-electron chi connectivity index (χ3n) is 6.58. The van der Waals surface area contributed by atoms with Gasteiger partial charge in [-0.1, -0.05) is 72.8 Å². The van der Waals surface area contributed by atoms with Crippen LogP contribution >= 0.6 is 0 Å². The monoisotopic (exact) mass is 461 g/mol. The number of hydrogen-bond donors (Lipinski definition) is 0. The van der Waals surface area contributed by atoms with Gasteiger partial charge in [0, 0.05) is 12.5 Å². The molecule has 0 aliphatic carbocycles. The summed E-state index contributed by atoms with van der Waals surface area (Å²) in [5.41, 5.74) is 3.76. The first kappa shape index (κ1) is 22.9. The number of benzene rings is 5. The van der Waals surface area contributed by atoms with Crippen LogP contribution in [0.1, 0.15) is 22.6 Å². The van der Waals surface area contributed by atoms with E-state index in [1.165, 1.54) is 38.2 Å². The summed E-state index contributed by atoms with van der Waals surface area (Å²) in [4.78, 5) is 2.12. The molecular weight excluding hydrogens is 430 g/mol. The van der Waals surface area contributed by atoms with Crippen LogP contribution in [-0.4, -0.2) is 39.3 Å². The molecule has 1 atom stereocenters. The van der Waals surface area contributed by atoms with Gasteiger partial charge >= 0.3 is 0 Å². The van der Waals surface area contributed by atoms with Crippen LogP contribution in [0.2, 0.25) is 0 Å². The van der Waals surface area contributed by atoms with E-state index >= 15 is 0 Å². The summed E-state index contributed by atoms with van der Waals surface area (Å²) in [6, 6.07) is 36.7. The van der Waals surface area contributed by atoms with Gasteiger partial charge in [0.15, 0.2) is 0 Å². The Morgan fingerprint density at radius 3 is 1.86 bits per heavy atom. The molecule has 0 radical (unpaired) electrons. The van der Waals surface area contributed by atoms with Crippen LogP contribution in [0, 0.1) is 0 Å². The zero-order chi connectivity index (χ0) is 24.2. The summed E-state index contributed by atoms with van der Waals surface area (Å²) in [7, 11) is 5.82. The van der Waals surface area contributed by atoms with Crippen LogP contribution in [0.25, 0.3) is 21.5 Å². The van der Waals surface area contributed by atoms with E-state index in [1.807, 2.05) is 12.1 Å². The molecule has 5 aromatic rings. The van der Waals surface area contributed by atoms with E-state index in [9.17, 15) is 0 Å². The third-order valence-corrected chi connectivity index (χ3v) is 6.58. The molecule has 176 valence electrons. The second-order valence-electron chi connectivity index (χ2n) is 9.16. The van der Waals surface area contributed by atoms with Crippen molar-refractivity contribution in [3.63, 3.8) is 0 Å². The van der Waals surface area contributed by atoms with Crippen molar-refractivity contribution in [2.24, 2.45) is 0 Å². The van der Waals surface area contributed by atoms with Gasteiger partial charge in [-0.15, -0.1) is 0 Å². The zero-order valence-corrected chi connectivity index (χ0v) is 20.6. The summed E-state index contributed by atoms with van der Waals surface area (Å²) >= 11 is 0. The standard InChI is InChI=1S/C32H31NO2/c1-33(2)20-21-35-27-18-14-24(15-19-27)32(23-12-16-26(34-3)17-13-23)31-22-25-8-4-5-9-28(25)29-10-6-7-11-30(29)31/h4-19,22,32H,20-21H2,1-3H3. The summed E-state index contributed by atoms with van der Waals surface area (Å²) in [5.74, 6) is 1.83. The van der Waals surface area contributed by atoms with Gasteiger partial charge in [0.2, 0.25) is 0 Å². The maximum Gasteiger partial charge on any atom is 0.119 e. The van der Waals surface area contributed by atoms with Gasteiger partial charge in [0.1, 0.15) is 18.1 Å². The minimum atomic E-state index is 0.0752. The van der Waals surface area contributed by atoms with E-state index in [4.69, 9.17) is 9.47 Å². The zero-order valence-electron chi connectivity index (χ0n) is 20.6. The lowest BCUT2D eigenvalue weighted by Gasteiger charge is -2.22. The average Bonchev–Trinajstić information content (AvgIpc) is 2.90. The quantitative estimate of drug-likeness (QED) is 0.181. The highest BCUT2D eigenvalue weighted by atomic mass is 16.5. The summed E-state index contributed by atoms with van der Waals surface area (Å²) in [6.07, 6.45) is 0. The number of likely N-dealkylation sites (N-methyl/N-ethyl adjacent to an activating group) is 1. The molecule has 0 bridgehead atoms. The number of fused-ring (bicyclic) bond motifs is 3. The fourth-order valence-corrected chi connectivity index (χ4v) is 4.77. The average molecular weight is 462 g/mol. The predicted molar refractivity (Wildman–Crippen MR) is 146 cm³/mol. The molecule has 3 nitrogen and oxygen atoms in total. The van der Waals surface area contributed by atoms with Gasteiger partial charge in [-0.05, 0) is 82.7 Å². The largest absolute Gasteiger partial charge is 0.497 e. The molecule has 5 rings (SSSR count). The molecule has 0 spiro atoms. The molecular formula is C32H31NO2. The highest BCUT2D eigenvalue weighted by Crippen LogP contribution is 2.40. The Kier molecular flexibility index (Phi) is 6.69. The van der Waals surface area contributed by atoms with E-state index in [0.29, 0.717) is 6.61 Å². The van der Waals surface area contributed by atoms with Crippen LogP contribution < -0.4 is 9.47 Å². The SMILES string of the molecule is COc1ccc(C(c2ccc(OCCN(C)C)cc2)c2cc3ccccc3c3ccccc23)cc1. The summed E-state index contributed by atoms with van der Waals surface area (Å²) < 4.78 is 11.4. The van der Waals surface area contributed by atoms with Crippen LogP contribution in [0.3, 0.4) is 0 Å². The van der Waals surface area contributed by atoms with Crippen molar-refractivity contribution in [2.75, 3.05) is 34.4 Å². The van der Waals surface area contributed by atoms with Gasteiger partial charge in [0.05, 0.1) is 7.11 Å². The molecule has 0 N–H and O–H groups in total. The van der Waals surface area contributed by atoms with Crippen LogP contribution in [0.4, 0.5) is 0 Å². The number of ether oxygens (including phenoxy) is 2. The molecule has 0 aliphatic rings. The van der Waals surface area contributed by atoms with Gasteiger partial charge in [-0.3, -0.25) is 0 Å². The minimum absolute atomic E-state index is 0.0752. The van der Waals surface area contributed by atoms with Crippen LogP contribution in [0.15, 0.2) is 103 Å². The van der Waals surface area contributed by atoms with E-state index < -0.39 is 0 Å². The van der Waals surface area contributed by atoms with Crippen molar-refractivity contribution in [1.29, 1.82) is 0 Å². The number of rotatable bonds is 8. The number of hydrogen-bond acceptors (Lipinski definition) is 3. The van der Waals surface area contributed by atoms with Crippen LogP contribution in [0.5, 0.6) is 11.5 Å². The molecule has 1 unspecified atom stereocenters. The molecule has 0 aromatic heterocycles. The van der Waals surface area contributed by atoms with Gasteiger partial charge in [0.25, 0.3) is 0 Å². The lowest BCUT2D eigenvalue weighted by Crippen LogP contribution is -2.19. The molecule has 5 aromatic carbocycles. The van der Waals surface area contributed by atoms with Crippen molar-refractivity contribution in [3.8, 4) is 11.5 Å². The van der Waals surface area contributed by atoms with E-state index in [1.54, 1.807) is 7.11 Å². The second kappa shape index (κ2) is 10.2. The second-order valence-corrected chi connectivity index (χ2v) is 9.16. The molecule has 35 heavy (non-hydrogen) atoms. The van der Waals surface area contributed by atoms with Crippen molar-refractivity contribution < 1.29 is 9.47 Å². The summed E-state index contributed by atoms with van der Waals surface area (Å²) in [5, 5.41) is 5.09. The lowest BCUT2D eigenvalue weighted by molar-refractivity contribution is 0.261. The molecule has 0 heterocycles. The predicted octanol–water partition coefficient (Wildman–Crippen LogP) is 7.12. The first-order valence-corrected chi connectivity index (χ1v) is 12.1. The Hall–Kier alpha value is -3.82. The van der Waals surface area contributed by atoms with Crippen molar-refractivity contribution in [2.45, 2.75) is 5.92 Å². The topological polar surface area (TPSA) is 21.7 Å². The van der Waals surface area contributed by atoms with Crippen molar-refractivity contribution in [3.05, 3.63) is 120 Å². The van der Waals surface area contributed by atoms with Gasteiger partial charge in [-0.25, -0.2) is 0 Å². The normalized spacial score (nSPS) is 12.2. The Bertz CT molecular complexity index is 1420. The van der Waals surface area contributed by atoms with Gasteiger partial charge < -0.3 is 14.4 Å². The Morgan fingerprint density at radius 1 is 0.657 bits per heavy atom. The highest BCUT2D eigenvalue weighted by Gasteiger charge is 2.21. The third kappa shape index (κ3) is 4.87. The number of methoxy groups -OCH3 is 1. The molecule has 3 heteroatoms. The number of nitrogens with zero attached hydrogens (tertiary/aromatic N) is 1. The molecule has 0 amide bonds. The minimum Gasteiger partial charge on any atom is -0.497 e. The van der Waals surface area contributed by atoms with E-state index in [0.717, 1.165) is 18.0 Å². The van der Waals surface area contributed by atoms with Crippen molar-refractivity contribution >= 4 is 21.5 Å². The van der Waals surface area contributed by atoms with E-state index in [2.05, 4.69) is 110 Å². The molecule has 0 aliphatic heterocycles. The first-order valence-electron chi connectivity index (χ1n) is 12.1. The Morgan fingerprint density at radius 2 is 1.23 bits per heavy atom. The first-order chi connectivity index (χ1) is 17.1. The molecule has 0 saturated heterocycles. The van der Waals surface area contributed by atoms with E-state index in [-0.39, 0.29) is 5.92 Å². The fourth-order valence-electron chi connectivity index (χ4n) is 4.77. The van der Waals surface area contributed by atoms with Crippen LogP contribution in [-0.2, 0) is 0 Å². The lowest BCUT2D eigenvalue weighted by atomic mass is 9.81. The highest BCUT2D eigenvalue weighted by molar-refractivity contribution is 6.09. The maximum absolute atomic E-state index is 5.96. The van der Waals surface area contributed by atoms with Gasteiger partial charge in [-0.2, -0.15) is 0 Å². The molecule has 0 saturated carbocycles. The van der Waals surface area contributed by atoms with Crippen molar-refractivity contribution in [1.82, 2.24) is 4.90 Å². The Labute approximate surface area is 207 Å². The fraction of sp³-hybridized carbons (Fsp3) is 0.188. The summed E-state index contributed by atoms with van der Waals surface area (Å²) in [6.45, 7) is 1.56. The Balaban J connectivity index is 1.64.